The van der Waals surface area contributed by atoms with Crippen molar-refractivity contribution in [1.82, 2.24) is 9.55 Å². The molecule has 4 heteroatoms. The molecule has 0 bridgehead atoms. The van der Waals surface area contributed by atoms with Gasteiger partial charge >= 0.3 is 6.09 Å². The van der Waals surface area contributed by atoms with E-state index in [1.807, 2.05) is 0 Å². The predicted molar refractivity (Wildman–Crippen MR) is 47.0 cm³/mol. The van der Waals surface area contributed by atoms with Crippen molar-refractivity contribution in [3.05, 3.63) is 18.7 Å². The molecule has 0 saturated carbocycles. The Kier molecular flexibility index (Phi) is 3.58. The number of hydrogen-bond donors (Lipinski definition) is 0. The molecule has 0 fully saturated rings. The van der Waals surface area contributed by atoms with Crippen LogP contribution in [-0.4, -0.2) is 22.3 Å². The second-order valence-electron chi connectivity index (χ2n) is 2.26. The Balaban J connectivity index is 2.29. The fourth-order valence-corrected chi connectivity index (χ4v) is 0.756. The zero-order valence-electron chi connectivity index (χ0n) is 7.36. The van der Waals surface area contributed by atoms with Crippen molar-refractivity contribution in [1.29, 1.82) is 0 Å². The van der Waals surface area contributed by atoms with E-state index in [9.17, 15) is 4.79 Å². The highest BCUT2D eigenvalue weighted by Crippen LogP contribution is 1.90. The summed E-state index contributed by atoms with van der Waals surface area (Å²) >= 11 is 0. The van der Waals surface area contributed by atoms with Gasteiger partial charge in [0, 0.05) is 18.8 Å². The molecule has 0 saturated heterocycles. The standard InChI is InChI=1S/C9H10N2O2/c1-2-3-4-7-13-9(12)11-6-5-10-8-11/h5-6,8H,4,7H2,1H3. The summed E-state index contributed by atoms with van der Waals surface area (Å²) in [6, 6.07) is 0. The third-order valence-electron chi connectivity index (χ3n) is 1.34. The monoisotopic (exact) mass is 178 g/mol. The minimum absolute atomic E-state index is 0.317. The van der Waals surface area contributed by atoms with E-state index in [0.29, 0.717) is 13.0 Å². The molecule has 0 atom stereocenters. The molecule has 4 nitrogen and oxygen atoms in total. The van der Waals surface area contributed by atoms with Crippen LogP contribution in [0.1, 0.15) is 13.3 Å². The first-order valence-electron chi connectivity index (χ1n) is 3.89. The van der Waals surface area contributed by atoms with E-state index < -0.39 is 6.09 Å². The molecule has 0 aliphatic rings. The van der Waals surface area contributed by atoms with Crippen LogP contribution in [0.15, 0.2) is 18.7 Å². The van der Waals surface area contributed by atoms with Gasteiger partial charge in [-0.1, -0.05) is 0 Å². The van der Waals surface area contributed by atoms with Crippen LogP contribution >= 0.6 is 0 Å². The van der Waals surface area contributed by atoms with Gasteiger partial charge in [0.25, 0.3) is 0 Å². The molecular weight excluding hydrogens is 168 g/mol. The number of hydrogen-bond acceptors (Lipinski definition) is 3. The van der Waals surface area contributed by atoms with Crippen molar-refractivity contribution >= 4 is 6.09 Å². The van der Waals surface area contributed by atoms with E-state index in [4.69, 9.17) is 4.74 Å². The van der Waals surface area contributed by atoms with Crippen molar-refractivity contribution in [3.63, 3.8) is 0 Å². The van der Waals surface area contributed by atoms with Crippen LogP contribution in [-0.2, 0) is 4.74 Å². The SMILES string of the molecule is CC#CCCOC(=O)n1ccnc1. The molecule has 1 aromatic rings. The number of carbonyl (C=O) groups is 1. The van der Waals surface area contributed by atoms with Crippen molar-refractivity contribution in [2.45, 2.75) is 13.3 Å². The van der Waals surface area contributed by atoms with Gasteiger partial charge in [0.15, 0.2) is 0 Å². The summed E-state index contributed by atoms with van der Waals surface area (Å²) in [5.41, 5.74) is 0. The maximum atomic E-state index is 11.1. The average Bonchev–Trinajstić information content (AvgIpc) is 2.65. The molecule has 0 aliphatic carbocycles. The normalized spacial score (nSPS) is 8.69. The van der Waals surface area contributed by atoms with Gasteiger partial charge in [0.1, 0.15) is 12.9 Å². The van der Waals surface area contributed by atoms with Gasteiger partial charge in [0.05, 0.1) is 0 Å². The van der Waals surface area contributed by atoms with Crippen molar-refractivity contribution < 1.29 is 9.53 Å². The summed E-state index contributed by atoms with van der Waals surface area (Å²) in [6.45, 7) is 2.07. The molecule has 0 spiro atoms. The zero-order valence-corrected chi connectivity index (χ0v) is 7.36. The molecule has 0 aromatic carbocycles. The Hall–Kier alpha value is -1.76. The lowest BCUT2D eigenvalue weighted by atomic mass is 10.4. The maximum Gasteiger partial charge on any atom is 0.419 e. The highest BCUT2D eigenvalue weighted by atomic mass is 16.5. The topological polar surface area (TPSA) is 44.1 Å². The van der Waals surface area contributed by atoms with Crippen LogP contribution in [0.3, 0.4) is 0 Å². The first-order valence-corrected chi connectivity index (χ1v) is 3.89. The highest BCUT2D eigenvalue weighted by molar-refractivity contribution is 5.69. The lowest BCUT2D eigenvalue weighted by Gasteiger charge is -2.00. The van der Waals surface area contributed by atoms with E-state index in [1.165, 1.54) is 23.3 Å². The third-order valence-corrected chi connectivity index (χ3v) is 1.34. The fraction of sp³-hybridized carbons (Fsp3) is 0.333. The third kappa shape index (κ3) is 2.99. The number of ether oxygens (including phenoxy) is 1. The van der Waals surface area contributed by atoms with Crippen LogP contribution < -0.4 is 0 Å². The smallest absolute Gasteiger partial charge is 0.419 e. The van der Waals surface area contributed by atoms with Crippen LogP contribution in [0.2, 0.25) is 0 Å². The van der Waals surface area contributed by atoms with Gasteiger partial charge in [0.2, 0.25) is 0 Å². The molecule has 1 rings (SSSR count). The summed E-state index contributed by atoms with van der Waals surface area (Å²) in [5.74, 6) is 5.51. The minimum atomic E-state index is -0.421. The predicted octanol–water partition coefficient (Wildman–Crippen LogP) is 1.28. The largest absolute Gasteiger partial charge is 0.448 e. The van der Waals surface area contributed by atoms with Gasteiger partial charge < -0.3 is 4.74 Å². The Labute approximate surface area is 76.5 Å². The molecular formula is C9H10N2O2. The lowest BCUT2D eigenvalue weighted by molar-refractivity contribution is 0.150. The van der Waals surface area contributed by atoms with E-state index in [0.717, 1.165) is 0 Å². The summed E-state index contributed by atoms with van der Waals surface area (Å²) in [4.78, 5) is 14.8. The second-order valence-corrected chi connectivity index (χ2v) is 2.26. The number of aromatic nitrogens is 2. The van der Waals surface area contributed by atoms with Crippen LogP contribution in [0.25, 0.3) is 0 Å². The van der Waals surface area contributed by atoms with Crippen molar-refractivity contribution in [2.24, 2.45) is 0 Å². The molecule has 0 N–H and O–H groups in total. The van der Waals surface area contributed by atoms with E-state index in [-0.39, 0.29) is 0 Å². The molecule has 0 radical (unpaired) electrons. The summed E-state index contributed by atoms with van der Waals surface area (Å²) < 4.78 is 6.15. The number of carbonyl (C=O) groups excluding carboxylic acids is 1. The Morgan fingerprint density at radius 2 is 2.54 bits per heavy atom. The van der Waals surface area contributed by atoms with Crippen molar-refractivity contribution in [3.8, 4) is 11.8 Å². The summed E-state index contributed by atoms with van der Waals surface area (Å²) in [6.07, 6.45) is 4.60. The Bertz CT molecular complexity index is 319. The Morgan fingerprint density at radius 1 is 1.69 bits per heavy atom. The van der Waals surface area contributed by atoms with E-state index in [2.05, 4.69) is 16.8 Å². The first-order chi connectivity index (χ1) is 6.34. The summed E-state index contributed by atoms with van der Waals surface area (Å²) in [5, 5.41) is 0. The van der Waals surface area contributed by atoms with Crippen LogP contribution in [0, 0.1) is 11.8 Å². The maximum absolute atomic E-state index is 11.1. The molecule has 68 valence electrons. The minimum Gasteiger partial charge on any atom is -0.448 e. The first kappa shape index (κ1) is 9.33. The van der Waals surface area contributed by atoms with E-state index >= 15 is 0 Å². The highest BCUT2D eigenvalue weighted by Gasteiger charge is 2.02. The molecule has 1 aromatic heterocycles. The number of rotatable bonds is 2. The lowest BCUT2D eigenvalue weighted by Crippen LogP contribution is -2.12. The molecule has 0 unspecified atom stereocenters. The second kappa shape index (κ2) is 4.99. The van der Waals surface area contributed by atoms with Crippen molar-refractivity contribution in [2.75, 3.05) is 6.61 Å². The fourth-order valence-electron chi connectivity index (χ4n) is 0.756. The van der Waals surface area contributed by atoms with E-state index in [1.54, 1.807) is 6.92 Å². The molecule has 0 amide bonds. The molecule has 0 aliphatic heterocycles. The number of nitrogens with zero attached hydrogens (tertiary/aromatic N) is 2. The summed E-state index contributed by atoms with van der Waals surface area (Å²) in [7, 11) is 0. The number of imidazole rings is 1. The van der Waals surface area contributed by atoms with Crippen LogP contribution in [0.4, 0.5) is 4.79 Å². The zero-order chi connectivity index (χ0) is 9.52. The van der Waals surface area contributed by atoms with Gasteiger partial charge in [-0.2, -0.15) is 0 Å². The molecule has 13 heavy (non-hydrogen) atoms. The van der Waals surface area contributed by atoms with Gasteiger partial charge in [-0.15, -0.1) is 11.8 Å². The van der Waals surface area contributed by atoms with Gasteiger partial charge in [-0.05, 0) is 6.92 Å². The Morgan fingerprint density at radius 3 is 3.15 bits per heavy atom. The molecule has 1 heterocycles. The van der Waals surface area contributed by atoms with Crippen LogP contribution in [0.5, 0.6) is 0 Å². The average molecular weight is 178 g/mol. The van der Waals surface area contributed by atoms with Gasteiger partial charge in [-0.3, -0.25) is 0 Å². The van der Waals surface area contributed by atoms with Gasteiger partial charge in [-0.25, -0.2) is 14.3 Å². The quantitative estimate of drug-likeness (QED) is 0.506.